The van der Waals surface area contributed by atoms with Crippen LogP contribution in [0.25, 0.3) is 0 Å². The molecule has 1 aliphatic carbocycles. The van der Waals surface area contributed by atoms with E-state index >= 15 is 0 Å². The van der Waals surface area contributed by atoms with E-state index in [2.05, 4.69) is 39.4 Å². The molecule has 0 saturated heterocycles. The van der Waals surface area contributed by atoms with Gasteiger partial charge in [0, 0.05) is 17.1 Å². The van der Waals surface area contributed by atoms with Crippen molar-refractivity contribution in [3.8, 4) is 0 Å². The molecular weight excluding hydrogens is 238 g/mol. The van der Waals surface area contributed by atoms with E-state index in [9.17, 15) is 0 Å². The molecular formula is C12H14BrN. The summed E-state index contributed by atoms with van der Waals surface area (Å²) in [5, 5.41) is 3.63. The highest BCUT2D eigenvalue weighted by atomic mass is 79.9. The average Bonchev–Trinajstić information content (AvgIpc) is 2.45. The molecule has 3 rings (SSSR count). The van der Waals surface area contributed by atoms with Gasteiger partial charge in [0.1, 0.15) is 0 Å². The van der Waals surface area contributed by atoms with Gasteiger partial charge in [-0.25, -0.2) is 0 Å². The maximum Gasteiger partial charge on any atom is 0.0354 e. The molecule has 1 aromatic rings. The predicted molar refractivity (Wildman–Crippen MR) is 61.1 cm³/mol. The minimum Gasteiger partial charge on any atom is -0.306 e. The summed E-state index contributed by atoms with van der Waals surface area (Å²) >= 11 is 3.53. The van der Waals surface area contributed by atoms with Crippen LogP contribution in [-0.4, -0.2) is 0 Å². The first kappa shape index (κ1) is 8.93. The quantitative estimate of drug-likeness (QED) is 0.807. The van der Waals surface area contributed by atoms with Crippen molar-refractivity contribution in [1.29, 1.82) is 0 Å². The molecule has 1 unspecified atom stereocenters. The fourth-order valence-electron chi connectivity index (χ4n) is 2.55. The van der Waals surface area contributed by atoms with Gasteiger partial charge in [0.05, 0.1) is 0 Å². The van der Waals surface area contributed by atoms with Crippen molar-refractivity contribution in [2.75, 3.05) is 0 Å². The second kappa shape index (κ2) is 3.35. The molecule has 0 amide bonds. The van der Waals surface area contributed by atoms with Gasteiger partial charge < -0.3 is 5.32 Å². The van der Waals surface area contributed by atoms with Crippen LogP contribution >= 0.6 is 15.9 Å². The molecule has 0 bridgehead atoms. The molecule has 2 aliphatic rings. The number of nitrogens with one attached hydrogen (secondary N) is 1. The minimum absolute atomic E-state index is 0.645. The third-order valence-electron chi connectivity index (χ3n) is 3.57. The van der Waals surface area contributed by atoms with Crippen molar-refractivity contribution in [2.45, 2.75) is 31.8 Å². The molecule has 74 valence electrons. The first-order valence-electron chi connectivity index (χ1n) is 5.36. The molecule has 1 atom stereocenters. The van der Waals surface area contributed by atoms with Gasteiger partial charge in [-0.3, -0.25) is 0 Å². The second-order valence-corrected chi connectivity index (χ2v) is 5.31. The fourth-order valence-corrected chi connectivity index (χ4v) is 2.96. The Labute approximate surface area is 93.0 Å². The molecule has 2 heteroatoms. The summed E-state index contributed by atoms with van der Waals surface area (Å²) in [5.74, 6) is 0.900. The van der Waals surface area contributed by atoms with Crippen LogP contribution < -0.4 is 5.32 Å². The molecule has 1 saturated carbocycles. The third kappa shape index (κ3) is 1.32. The number of hydrogen-bond acceptors (Lipinski definition) is 1. The molecule has 1 fully saturated rings. The van der Waals surface area contributed by atoms with Crippen LogP contribution in [0.4, 0.5) is 0 Å². The number of benzene rings is 1. The summed E-state index contributed by atoms with van der Waals surface area (Å²) < 4.78 is 1.20. The normalized spacial score (nSPS) is 25.9. The van der Waals surface area contributed by atoms with E-state index in [-0.39, 0.29) is 0 Å². The van der Waals surface area contributed by atoms with E-state index in [0.29, 0.717) is 6.04 Å². The summed E-state index contributed by atoms with van der Waals surface area (Å²) in [7, 11) is 0. The Morgan fingerprint density at radius 2 is 2.14 bits per heavy atom. The van der Waals surface area contributed by atoms with Crippen molar-refractivity contribution in [2.24, 2.45) is 5.92 Å². The van der Waals surface area contributed by atoms with Crippen molar-refractivity contribution in [3.63, 3.8) is 0 Å². The first-order chi connectivity index (χ1) is 6.84. The minimum atomic E-state index is 0.645. The topological polar surface area (TPSA) is 12.0 Å². The molecule has 1 N–H and O–H groups in total. The van der Waals surface area contributed by atoms with Crippen LogP contribution in [0.2, 0.25) is 0 Å². The molecule has 14 heavy (non-hydrogen) atoms. The van der Waals surface area contributed by atoms with Crippen LogP contribution in [0, 0.1) is 5.92 Å². The van der Waals surface area contributed by atoms with Gasteiger partial charge in [-0.2, -0.15) is 0 Å². The number of hydrogen-bond donors (Lipinski definition) is 1. The van der Waals surface area contributed by atoms with E-state index in [1.165, 1.54) is 34.9 Å². The van der Waals surface area contributed by atoms with Gasteiger partial charge in [0.2, 0.25) is 0 Å². The van der Waals surface area contributed by atoms with E-state index in [1.807, 2.05) is 0 Å². The van der Waals surface area contributed by atoms with Crippen molar-refractivity contribution >= 4 is 15.9 Å². The van der Waals surface area contributed by atoms with Gasteiger partial charge in [-0.1, -0.05) is 28.4 Å². The first-order valence-corrected chi connectivity index (χ1v) is 6.15. The summed E-state index contributed by atoms with van der Waals surface area (Å²) in [5.41, 5.74) is 3.02. The van der Waals surface area contributed by atoms with E-state index in [0.717, 1.165) is 12.5 Å². The second-order valence-electron chi connectivity index (χ2n) is 4.39. The lowest BCUT2D eigenvalue weighted by atomic mass is 9.77. The summed E-state index contributed by atoms with van der Waals surface area (Å²) in [6, 6.07) is 7.34. The standard InChI is InChI=1S/C12H14BrN/c13-10-4-5-11-9(6-10)7-14-12(11)8-2-1-3-8/h4-6,8,12,14H,1-3,7H2. The Morgan fingerprint density at radius 1 is 1.29 bits per heavy atom. The van der Waals surface area contributed by atoms with Crippen LogP contribution in [-0.2, 0) is 6.54 Å². The maximum atomic E-state index is 3.63. The summed E-state index contributed by atoms with van der Waals surface area (Å²) in [4.78, 5) is 0. The van der Waals surface area contributed by atoms with Gasteiger partial charge >= 0.3 is 0 Å². The van der Waals surface area contributed by atoms with Crippen LogP contribution in [0.15, 0.2) is 22.7 Å². The molecule has 1 heterocycles. The van der Waals surface area contributed by atoms with Crippen molar-refractivity contribution < 1.29 is 0 Å². The summed E-state index contributed by atoms with van der Waals surface area (Å²) in [6.07, 6.45) is 4.25. The molecule has 1 nitrogen and oxygen atoms in total. The Bertz CT molecular complexity index is 357. The zero-order valence-corrected chi connectivity index (χ0v) is 9.68. The van der Waals surface area contributed by atoms with Crippen LogP contribution in [0.3, 0.4) is 0 Å². The van der Waals surface area contributed by atoms with Gasteiger partial charge in [-0.05, 0) is 42.0 Å². The average molecular weight is 252 g/mol. The lowest BCUT2D eigenvalue weighted by Crippen LogP contribution is -2.26. The Balaban J connectivity index is 1.93. The smallest absolute Gasteiger partial charge is 0.0354 e. The molecule has 1 aliphatic heterocycles. The highest BCUT2D eigenvalue weighted by Crippen LogP contribution is 2.41. The fraction of sp³-hybridized carbons (Fsp3) is 0.500. The Kier molecular flexibility index (Phi) is 2.14. The number of rotatable bonds is 1. The Morgan fingerprint density at radius 3 is 2.86 bits per heavy atom. The monoisotopic (exact) mass is 251 g/mol. The zero-order valence-electron chi connectivity index (χ0n) is 8.09. The van der Waals surface area contributed by atoms with E-state index < -0.39 is 0 Å². The SMILES string of the molecule is Brc1ccc2c(c1)CNC2C1CCC1. The Hall–Kier alpha value is -0.340. The zero-order chi connectivity index (χ0) is 9.54. The van der Waals surface area contributed by atoms with Gasteiger partial charge in [0.15, 0.2) is 0 Å². The van der Waals surface area contributed by atoms with Crippen molar-refractivity contribution in [1.82, 2.24) is 5.32 Å². The predicted octanol–water partition coefficient (Wildman–Crippen LogP) is 3.39. The summed E-state index contributed by atoms with van der Waals surface area (Å²) in [6.45, 7) is 1.05. The van der Waals surface area contributed by atoms with Gasteiger partial charge in [-0.15, -0.1) is 0 Å². The molecule has 0 radical (unpaired) electrons. The maximum absolute atomic E-state index is 3.63. The third-order valence-corrected chi connectivity index (χ3v) is 4.07. The van der Waals surface area contributed by atoms with Crippen LogP contribution in [0.5, 0.6) is 0 Å². The number of fused-ring (bicyclic) bond motifs is 1. The number of halogens is 1. The van der Waals surface area contributed by atoms with Gasteiger partial charge in [0.25, 0.3) is 0 Å². The lowest BCUT2D eigenvalue weighted by Gasteiger charge is -2.31. The highest BCUT2D eigenvalue weighted by Gasteiger charge is 2.32. The lowest BCUT2D eigenvalue weighted by molar-refractivity contribution is 0.240. The molecule has 0 spiro atoms. The van der Waals surface area contributed by atoms with Crippen molar-refractivity contribution in [3.05, 3.63) is 33.8 Å². The highest BCUT2D eigenvalue weighted by molar-refractivity contribution is 9.10. The molecule has 0 aromatic heterocycles. The van der Waals surface area contributed by atoms with E-state index in [1.54, 1.807) is 0 Å². The largest absolute Gasteiger partial charge is 0.306 e. The van der Waals surface area contributed by atoms with E-state index in [4.69, 9.17) is 0 Å². The van der Waals surface area contributed by atoms with Crippen LogP contribution in [0.1, 0.15) is 36.4 Å². The molecule has 1 aromatic carbocycles.